The highest BCUT2D eigenvalue weighted by molar-refractivity contribution is 5.25. The van der Waals surface area contributed by atoms with E-state index in [1.54, 1.807) is 0 Å². The fraction of sp³-hybridized carbons (Fsp3) is 0.625. The van der Waals surface area contributed by atoms with Gasteiger partial charge in [-0.1, -0.05) is 24.3 Å². The predicted octanol–water partition coefficient (Wildman–Crippen LogP) is 2.61. The number of hydrogen-bond donors (Lipinski definition) is 1. The van der Waals surface area contributed by atoms with Crippen LogP contribution in [0.4, 0.5) is 0 Å². The van der Waals surface area contributed by atoms with Crippen LogP contribution in [-0.4, -0.2) is 36.6 Å². The van der Waals surface area contributed by atoms with E-state index < -0.39 is 0 Å². The minimum absolute atomic E-state index is 0.310. The SMILES string of the molecule is Cc1ccccc1CCC(C)(C)N1CCNCC1. The molecule has 1 aliphatic heterocycles. The zero-order valence-corrected chi connectivity index (χ0v) is 12.0. The number of nitrogens with zero attached hydrogens (tertiary/aromatic N) is 1. The van der Waals surface area contributed by atoms with Crippen LogP contribution < -0.4 is 5.32 Å². The molecule has 0 atom stereocenters. The zero-order valence-electron chi connectivity index (χ0n) is 12.0. The van der Waals surface area contributed by atoms with Crippen molar-refractivity contribution in [1.29, 1.82) is 0 Å². The van der Waals surface area contributed by atoms with E-state index in [0.29, 0.717) is 5.54 Å². The van der Waals surface area contributed by atoms with Gasteiger partial charge in [0.1, 0.15) is 0 Å². The van der Waals surface area contributed by atoms with Crippen LogP contribution in [0.2, 0.25) is 0 Å². The molecule has 0 aromatic heterocycles. The molecule has 1 saturated heterocycles. The second kappa shape index (κ2) is 5.85. The molecule has 100 valence electrons. The summed E-state index contributed by atoms with van der Waals surface area (Å²) in [6, 6.07) is 8.76. The molecule has 1 aromatic rings. The van der Waals surface area contributed by atoms with E-state index in [4.69, 9.17) is 0 Å². The number of benzene rings is 1. The first kappa shape index (κ1) is 13.6. The summed E-state index contributed by atoms with van der Waals surface area (Å²) in [5.41, 5.74) is 3.24. The molecular formula is C16H26N2. The lowest BCUT2D eigenvalue weighted by Crippen LogP contribution is -2.53. The molecule has 1 fully saturated rings. The lowest BCUT2D eigenvalue weighted by Gasteiger charge is -2.41. The van der Waals surface area contributed by atoms with Gasteiger partial charge in [-0.3, -0.25) is 4.90 Å². The van der Waals surface area contributed by atoms with Crippen LogP contribution in [-0.2, 0) is 6.42 Å². The lowest BCUT2D eigenvalue weighted by molar-refractivity contribution is 0.0959. The Bertz CT molecular complexity index is 378. The third-order valence-electron chi connectivity index (χ3n) is 4.24. The second-order valence-corrected chi connectivity index (χ2v) is 5.98. The summed E-state index contributed by atoms with van der Waals surface area (Å²) in [4.78, 5) is 2.63. The monoisotopic (exact) mass is 246 g/mol. The second-order valence-electron chi connectivity index (χ2n) is 5.98. The maximum atomic E-state index is 3.43. The smallest absolute Gasteiger partial charge is 0.0157 e. The van der Waals surface area contributed by atoms with E-state index in [-0.39, 0.29) is 0 Å². The number of rotatable bonds is 4. The summed E-state index contributed by atoms with van der Waals surface area (Å²) < 4.78 is 0. The highest BCUT2D eigenvalue weighted by Gasteiger charge is 2.27. The highest BCUT2D eigenvalue weighted by Crippen LogP contribution is 2.22. The molecule has 0 amide bonds. The van der Waals surface area contributed by atoms with Crippen molar-refractivity contribution in [1.82, 2.24) is 10.2 Å². The van der Waals surface area contributed by atoms with Gasteiger partial charge in [-0.15, -0.1) is 0 Å². The summed E-state index contributed by atoms with van der Waals surface area (Å²) >= 11 is 0. The lowest BCUT2D eigenvalue weighted by atomic mass is 9.91. The number of piperazine rings is 1. The molecule has 0 aliphatic carbocycles. The predicted molar refractivity (Wildman–Crippen MR) is 78.0 cm³/mol. The van der Waals surface area contributed by atoms with E-state index in [1.165, 1.54) is 37.1 Å². The van der Waals surface area contributed by atoms with Gasteiger partial charge in [-0.25, -0.2) is 0 Å². The van der Waals surface area contributed by atoms with Gasteiger partial charge >= 0.3 is 0 Å². The molecule has 1 heterocycles. The maximum absolute atomic E-state index is 3.43. The first-order chi connectivity index (χ1) is 8.59. The van der Waals surface area contributed by atoms with E-state index in [2.05, 4.69) is 55.3 Å². The van der Waals surface area contributed by atoms with Crippen molar-refractivity contribution >= 4 is 0 Å². The standard InChI is InChI=1S/C16H26N2/c1-14-6-4-5-7-15(14)8-9-16(2,3)18-12-10-17-11-13-18/h4-7,17H,8-13H2,1-3H3. The van der Waals surface area contributed by atoms with Crippen molar-refractivity contribution in [3.63, 3.8) is 0 Å². The van der Waals surface area contributed by atoms with Crippen molar-refractivity contribution in [2.75, 3.05) is 26.2 Å². The average Bonchev–Trinajstić information content (AvgIpc) is 2.39. The van der Waals surface area contributed by atoms with Crippen LogP contribution in [0.15, 0.2) is 24.3 Å². The molecule has 1 aromatic carbocycles. The normalized spacial score (nSPS) is 17.9. The van der Waals surface area contributed by atoms with Crippen LogP contribution in [0.5, 0.6) is 0 Å². The van der Waals surface area contributed by atoms with Gasteiger partial charge < -0.3 is 5.32 Å². The van der Waals surface area contributed by atoms with Gasteiger partial charge in [0.25, 0.3) is 0 Å². The van der Waals surface area contributed by atoms with Gasteiger partial charge in [-0.2, -0.15) is 0 Å². The Hall–Kier alpha value is -0.860. The third-order valence-corrected chi connectivity index (χ3v) is 4.24. The van der Waals surface area contributed by atoms with Crippen molar-refractivity contribution < 1.29 is 0 Å². The van der Waals surface area contributed by atoms with E-state index in [9.17, 15) is 0 Å². The van der Waals surface area contributed by atoms with Gasteiger partial charge in [-0.05, 0) is 44.7 Å². The maximum Gasteiger partial charge on any atom is 0.0157 e. The summed E-state index contributed by atoms with van der Waals surface area (Å²) in [7, 11) is 0. The molecular weight excluding hydrogens is 220 g/mol. The van der Waals surface area contributed by atoms with Crippen LogP contribution in [0.1, 0.15) is 31.4 Å². The number of nitrogens with one attached hydrogen (secondary N) is 1. The Kier molecular flexibility index (Phi) is 4.41. The number of hydrogen-bond acceptors (Lipinski definition) is 2. The van der Waals surface area contributed by atoms with Crippen molar-refractivity contribution in [3.05, 3.63) is 35.4 Å². The van der Waals surface area contributed by atoms with Gasteiger partial charge in [0, 0.05) is 31.7 Å². The van der Waals surface area contributed by atoms with Crippen LogP contribution in [0, 0.1) is 6.92 Å². The van der Waals surface area contributed by atoms with Crippen molar-refractivity contribution in [2.45, 2.75) is 39.2 Å². The Morgan fingerprint density at radius 1 is 1.17 bits per heavy atom. The first-order valence-corrected chi connectivity index (χ1v) is 7.10. The van der Waals surface area contributed by atoms with E-state index in [0.717, 1.165) is 13.1 Å². The molecule has 18 heavy (non-hydrogen) atoms. The topological polar surface area (TPSA) is 15.3 Å². The summed E-state index contributed by atoms with van der Waals surface area (Å²) in [6.07, 6.45) is 2.42. The van der Waals surface area contributed by atoms with E-state index in [1.807, 2.05) is 0 Å². The Morgan fingerprint density at radius 3 is 2.50 bits per heavy atom. The van der Waals surface area contributed by atoms with Crippen LogP contribution in [0.3, 0.4) is 0 Å². The Labute approximate surface area is 111 Å². The minimum Gasteiger partial charge on any atom is -0.314 e. The van der Waals surface area contributed by atoms with Gasteiger partial charge in [0.15, 0.2) is 0 Å². The quantitative estimate of drug-likeness (QED) is 0.878. The molecule has 0 radical (unpaired) electrons. The largest absolute Gasteiger partial charge is 0.314 e. The molecule has 0 bridgehead atoms. The third kappa shape index (κ3) is 3.33. The first-order valence-electron chi connectivity index (χ1n) is 7.10. The van der Waals surface area contributed by atoms with E-state index >= 15 is 0 Å². The van der Waals surface area contributed by atoms with Gasteiger partial charge in [0.05, 0.1) is 0 Å². The minimum atomic E-state index is 0.310. The van der Waals surface area contributed by atoms with Crippen LogP contribution in [0.25, 0.3) is 0 Å². The summed E-state index contributed by atoms with van der Waals surface area (Å²) in [6.45, 7) is 11.6. The molecule has 1 N–H and O–H groups in total. The summed E-state index contributed by atoms with van der Waals surface area (Å²) in [5, 5.41) is 3.43. The molecule has 0 spiro atoms. The molecule has 2 nitrogen and oxygen atoms in total. The van der Waals surface area contributed by atoms with Crippen molar-refractivity contribution in [3.8, 4) is 0 Å². The molecule has 0 saturated carbocycles. The number of aryl methyl sites for hydroxylation is 2. The zero-order chi connectivity index (χ0) is 13.0. The fourth-order valence-electron chi connectivity index (χ4n) is 2.76. The highest BCUT2D eigenvalue weighted by atomic mass is 15.2. The molecule has 2 rings (SSSR count). The molecule has 1 aliphatic rings. The molecule has 2 heteroatoms. The summed E-state index contributed by atoms with van der Waals surface area (Å²) in [5.74, 6) is 0. The Balaban J connectivity index is 1.94. The van der Waals surface area contributed by atoms with Gasteiger partial charge in [0.2, 0.25) is 0 Å². The fourth-order valence-corrected chi connectivity index (χ4v) is 2.76. The van der Waals surface area contributed by atoms with Crippen molar-refractivity contribution in [2.24, 2.45) is 0 Å². The van der Waals surface area contributed by atoms with Crippen LogP contribution >= 0.6 is 0 Å². The molecule has 0 unspecified atom stereocenters. The Morgan fingerprint density at radius 2 is 1.83 bits per heavy atom. The average molecular weight is 246 g/mol.